The second kappa shape index (κ2) is 7.02. The van der Waals surface area contributed by atoms with Crippen LogP contribution in [0.15, 0.2) is 48.8 Å². The van der Waals surface area contributed by atoms with Crippen LogP contribution in [0.2, 0.25) is 0 Å². The van der Waals surface area contributed by atoms with Gasteiger partial charge < -0.3 is 10.1 Å². The van der Waals surface area contributed by atoms with Gasteiger partial charge in [0.15, 0.2) is 0 Å². The highest BCUT2D eigenvalue weighted by atomic mass is 16.5. The van der Waals surface area contributed by atoms with Crippen molar-refractivity contribution in [3.63, 3.8) is 0 Å². The average molecular weight is 256 g/mol. The summed E-state index contributed by atoms with van der Waals surface area (Å²) in [5.41, 5.74) is 3.68. The normalized spacial score (nSPS) is 12.3. The lowest BCUT2D eigenvalue weighted by Crippen LogP contribution is -2.18. The van der Waals surface area contributed by atoms with Gasteiger partial charge in [0, 0.05) is 32.1 Å². The molecule has 100 valence electrons. The maximum Gasteiger partial charge on any atom is 0.0713 e. The third-order valence-corrected chi connectivity index (χ3v) is 3.13. The fraction of sp³-hybridized carbons (Fsp3) is 0.312. The molecule has 0 saturated heterocycles. The first kappa shape index (κ1) is 13.7. The predicted molar refractivity (Wildman–Crippen MR) is 76.6 cm³/mol. The number of hydrogen-bond donors (Lipinski definition) is 1. The monoisotopic (exact) mass is 256 g/mol. The Morgan fingerprint density at radius 1 is 1.16 bits per heavy atom. The van der Waals surface area contributed by atoms with Crippen molar-refractivity contribution in [3.8, 4) is 0 Å². The van der Waals surface area contributed by atoms with Crippen LogP contribution in [0.4, 0.5) is 0 Å². The van der Waals surface area contributed by atoms with Crippen molar-refractivity contribution >= 4 is 0 Å². The SMILES string of the molecule is COCc1ccc(CN[C@H](C)c2cccnc2)cc1. The van der Waals surface area contributed by atoms with E-state index in [1.165, 1.54) is 16.7 Å². The topological polar surface area (TPSA) is 34.1 Å². The lowest BCUT2D eigenvalue weighted by atomic mass is 10.1. The van der Waals surface area contributed by atoms with Crippen LogP contribution < -0.4 is 5.32 Å². The van der Waals surface area contributed by atoms with Crippen molar-refractivity contribution in [1.82, 2.24) is 10.3 Å². The molecule has 3 nitrogen and oxygen atoms in total. The van der Waals surface area contributed by atoms with Gasteiger partial charge in [-0.2, -0.15) is 0 Å². The first-order chi connectivity index (χ1) is 9.29. The zero-order valence-corrected chi connectivity index (χ0v) is 11.5. The quantitative estimate of drug-likeness (QED) is 0.862. The maximum absolute atomic E-state index is 5.10. The Morgan fingerprint density at radius 2 is 1.89 bits per heavy atom. The molecule has 0 aliphatic heterocycles. The van der Waals surface area contributed by atoms with Gasteiger partial charge in [0.1, 0.15) is 0 Å². The Morgan fingerprint density at radius 3 is 2.53 bits per heavy atom. The molecule has 0 amide bonds. The first-order valence-electron chi connectivity index (χ1n) is 6.49. The number of benzene rings is 1. The summed E-state index contributed by atoms with van der Waals surface area (Å²) in [5.74, 6) is 0. The maximum atomic E-state index is 5.10. The summed E-state index contributed by atoms with van der Waals surface area (Å²) < 4.78 is 5.10. The first-order valence-corrected chi connectivity index (χ1v) is 6.49. The summed E-state index contributed by atoms with van der Waals surface area (Å²) in [6, 6.07) is 12.8. The minimum atomic E-state index is 0.298. The predicted octanol–water partition coefficient (Wildman–Crippen LogP) is 3.08. The molecule has 2 aromatic rings. The summed E-state index contributed by atoms with van der Waals surface area (Å²) in [4.78, 5) is 4.14. The summed E-state index contributed by atoms with van der Waals surface area (Å²) in [6.07, 6.45) is 3.70. The molecule has 0 fully saturated rings. The van der Waals surface area contributed by atoms with Gasteiger partial charge in [-0.25, -0.2) is 0 Å². The van der Waals surface area contributed by atoms with Gasteiger partial charge in [-0.1, -0.05) is 30.3 Å². The van der Waals surface area contributed by atoms with Crippen molar-refractivity contribution in [2.24, 2.45) is 0 Å². The Kier molecular flexibility index (Phi) is 5.07. The number of ether oxygens (including phenoxy) is 1. The van der Waals surface area contributed by atoms with Crippen LogP contribution in [-0.2, 0) is 17.9 Å². The minimum Gasteiger partial charge on any atom is -0.380 e. The molecule has 0 aliphatic rings. The van der Waals surface area contributed by atoms with Gasteiger partial charge in [-0.15, -0.1) is 0 Å². The van der Waals surface area contributed by atoms with Gasteiger partial charge in [-0.05, 0) is 29.7 Å². The molecule has 3 heteroatoms. The highest BCUT2D eigenvalue weighted by Crippen LogP contribution is 2.12. The van der Waals surface area contributed by atoms with E-state index in [4.69, 9.17) is 4.74 Å². The third kappa shape index (κ3) is 4.16. The molecule has 0 bridgehead atoms. The van der Waals surface area contributed by atoms with E-state index < -0.39 is 0 Å². The molecule has 1 aromatic heterocycles. The van der Waals surface area contributed by atoms with Crippen molar-refractivity contribution in [3.05, 3.63) is 65.5 Å². The Hall–Kier alpha value is -1.71. The average Bonchev–Trinajstić information content (AvgIpc) is 2.47. The largest absolute Gasteiger partial charge is 0.380 e. The van der Waals surface area contributed by atoms with Crippen molar-refractivity contribution in [1.29, 1.82) is 0 Å². The lowest BCUT2D eigenvalue weighted by molar-refractivity contribution is 0.185. The Balaban J connectivity index is 1.88. The smallest absolute Gasteiger partial charge is 0.0713 e. The Labute approximate surface area is 114 Å². The van der Waals surface area contributed by atoms with Gasteiger partial charge in [0.05, 0.1) is 6.61 Å². The molecule has 1 N–H and O–H groups in total. The summed E-state index contributed by atoms with van der Waals surface area (Å²) >= 11 is 0. The van der Waals surface area contributed by atoms with Crippen LogP contribution in [0.3, 0.4) is 0 Å². The molecular formula is C16H20N2O. The van der Waals surface area contributed by atoms with Crippen LogP contribution in [-0.4, -0.2) is 12.1 Å². The van der Waals surface area contributed by atoms with E-state index in [-0.39, 0.29) is 0 Å². The van der Waals surface area contributed by atoms with Crippen LogP contribution in [0.25, 0.3) is 0 Å². The van der Waals surface area contributed by atoms with Gasteiger partial charge >= 0.3 is 0 Å². The molecule has 1 heterocycles. The van der Waals surface area contributed by atoms with Crippen LogP contribution in [0, 0.1) is 0 Å². The van der Waals surface area contributed by atoms with Gasteiger partial charge in [-0.3, -0.25) is 4.98 Å². The lowest BCUT2D eigenvalue weighted by Gasteiger charge is -2.14. The van der Waals surface area contributed by atoms with E-state index in [1.54, 1.807) is 13.3 Å². The number of nitrogens with zero attached hydrogens (tertiary/aromatic N) is 1. The summed E-state index contributed by atoms with van der Waals surface area (Å²) in [7, 11) is 1.71. The summed E-state index contributed by atoms with van der Waals surface area (Å²) in [5, 5.41) is 3.50. The van der Waals surface area contributed by atoms with E-state index in [0.717, 1.165) is 6.54 Å². The molecule has 1 atom stereocenters. The molecule has 0 spiro atoms. The van der Waals surface area contributed by atoms with E-state index in [9.17, 15) is 0 Å². The highest BCUT2D eigenvalue weighted by molar-refractivity contribution is 5.22. The van der Waals surface area contributed by atoms with Crippen molar-refractivity contribution in [2.45, 2.75) is 26.1 Å². The number of hydrogen-bond acceptors (Lipinski definition) is 3. The van der Waals surface area contributed by atoms with Crippen LogP contribution in [0.1, 0.15) is 29.7 Å². The fourth-order valence-electron chi connectivity index (χ4n) is 1.94. The zero-order valence-electron chi connectivity index (χ0n) is 11.5. The molecule has 19 heavy (non-hydrogen) atoms. The molecular weight excluding hydrogens is 236 g/mol. The molecule has 0 saturated carbocycles. The third-order valence-electron chi connectivity index (χ3n) is 3.13. The van der Waals surface area contributed by atoms with Crippen LogP contribution >= 0.6 is 0 Å². The molecule has 0 unspecified atom stereocenters. The second-order valence-electron chi connectivity index (χ2n) is 4.64. The zero-order chi connectivity index (χ0) is 13.5. The van der Waals surface area contributed by atoms with Gasteiger partial charge in [0.2, 0.25) is 0 Å². The number of pyridine rings is 1. The van der Waals surface area contributed by atoms with E-state index >= 15 is 0 Å². The summed E-state index contributed by atoms with van der Waals surface area (Å²) in [6.45, 7) is 3.67. The molecule has 0 radical (unpaired) electrons. The molecule has 1 aromatic carbocycles. The number of aromatic nitrogens is 1. The second-order valence-corrected chi connectivity index (χ2v) is 4.64. The standard InChI is InChI=1S/C16H20N2O/c1-13(16-4-3-9-17-11-16)18-10-14-5-7-15(8-6-14)12-19-2/h3-9,11,13,18H,10,12H2,1-2H3/t13-/m1/s1. The van der Waals surface area contributed by atoms with E-state index in [1.807, 2.05) is 12.3 Å². The minimum absolute atomic E-state index is 0.298. The van der Waals surface area contributed by atoms with Crippen molar-refractivity contribution < 1.29 is 4.74 Å². The van der Waals surface area contributed by atoms with Crippen molar-refractivity contribution in [2.75, 3.05) is 7.11 Å². The van der Waals surface area contributed by atoms with E-state index in [0.29, 0.717) is 12.6 Å². The molecule has 2 rings (SSSR count). The highest BCUT2D eigenvalue weighted by Gasteiger charge is 2.04. The fourth-order valence-corrected chi connectivity index (χ4v) is 1.94. The van der Waals surface area contributed by atoms with Crippen LogP contribution in [0.5, 0.6) is 0 Å². The Bertz CT molecular complexity index is 482. The number of nitrogens with one attached hydrogen (secondary N) is 1. The number of rotatable bonds is 6. The number of methoxy groups -OCH3 is 1. The molecule has 0 aliphatic carbocycles. The van der Waals surface area contributed by atoms with Gasteiger partial charge in [0.25, 0.3) is 0 Å². The van der Waals surface area contributed by atoms with E-state index in [2.05, 4.69) is 47.6 Å².